The number of aromatic nitrogens is 1. The van der Waals surface area contributed by atoms with E-state index in [0.717, 1.165) is 6.07 Å². The molecule has 0 aliphatic carbocycles. The lowest BCUT2D eigenvalue weighted by molar-refractivity contribution is -0.384. The Hall–Kier alpha value is -3.93. The van der Waals surface area contributed by atoms with Crippen LogP contribution in [0.25, 0.3) is 16.6 Å². The monoisotopic (exact) mass is 452 g/mol. The van der Waals surface area contributed by atoms with Crippen molar-refractivity contribution in [1.82, 2.24) is 4.57 Å². The smallest absolute Gasteiger partial charge is 0.415 e. The van der Waals surface area contributed by atoms with Gasteiger partial charge in [0, 0.05) is 17.1 Å². The van der Waals surface area contributed by atoms with Gasteiger partial charge in [0.05, 0.1) is 33.8 Å². The fourth-order valence-corrected chi connectivity index (χ4v) is 3.51. The number of nitrogens with zero attached hydrogens (tertiary/aromatic N) is 4. The summed E-state index contributed by atoms with van der Waals surface area (Å²) in [6.45, 7) is 10.2. The SMILES string of the molecule is CC(C)(C)OC(=O)N(c1cc(-n2ccc3cc(C#N)ccc32)c(F)cc1[N+](=O)[O-])C(C)(C)C. The highest BCUT2D eigenvalue weighted by Crippen LogP contribution is 2.38. The lowest BCUT2D eigenvalue weighted by Crippen LogP contribution is -2.48. The number of amides is 1. The molecular weight excluding hydrogens is 427 g/mol. The molecule has 0 unspecified atom stereocenters. The van der Waals surface area contributed by atoms with Crippen molar-refractivity contribution in [2.24, 2.45) is 0 Å². The topological polar surface area (TPSA) is 101 Å². The van der Waals surface area contributed by atoms with Crippen LogP contribution in [0.3, 0.4) is 0 Å². The molecule has 0 saturated heterocycles. The first kappa shape index (κ1) is 23.7. The number of hydrogen-bond acceptors (Lipinski definition) is 5. The average Bonchev–Trinajstić information content (AvgIpc) is 3.09. The molecule has 33 heavy (non-hydrogen) atoms. The van der Waals surface area contributed by atoms with Crippen LogP contribution in [-0.2, 0) is 4.74 Å². The Bertz CT molecular complexity index is 1290. The third-order valence-electron chi connectivity index (χ3n) is 4.81. The first-order valence-corrected chi connectivity index (χ1v) is 10.3. The molecule has 172 valence electrons. The molecule has 2 aromatic carbocycles. The first-order valence-electron chi connectivity index (χ1n) is 10.3. The average molecular weight is 452 g/mol. The van der Waals surface area contributed by atoms with E-state index in [4.69, 9.17) is 10.00 Å². The van der Waals surface area contributed by atoms with Crippen LogP contribution in [0.2, 0.25) is 0 Å². The van der Waals surface area contributed by atoms with Gasteiger partial charge in [0.1, 0.15) is 11.3 Å². The molecule has 1 heterocycles. The van der Waals surface area contributed by atoms with E-state index >= 15 is 4.39 Å². The summed E-state index contributed by atoms with van der Waals surface area (Å²) in [5.41, 5.74) is -1.32. The van der Waals surface area contributed by atoms with E-state index in [1.807, 2.05) is 0 Å². The van der Waals surface area contributed by atoms with E-state index in [0.29, 0.717) is 16.5 Å². The van der Waals surface area contributed by atoms with Gasteiger partial charge >= 0.3 is 6.09 Å². The predicted octanol–water partition coefficient (Wildman–Crippen LogP) is 6.09. The first-order chi connectivity index (χ1) is 15.2. The second kappa shape index (κ2) is 8.20. The number of fused-ring (bicyclic) bond motifs is 1. The molecule has 0 aliphatic rings. The minimum absolute atomic E-state index is 0.0214. The number of ether oxygens (including phenoxy) is 1. The second-order valence-corrected chi connectivity index (χ2v) is 9.61. The van der Waals surface area contributed by atoms with Crippen molar-refractivity contribution >= 4 is 28.4 Å². The Morgan fingerprint density at radius 3 is 2.36 bits per heavy atom. The highest BCUT2D eigenvalue weighted by Gasteiger charge is 2.37. The molecule has 3 aromatic rings. The number of carbonyl (C=O) groups is 1. The van der Waals surface area contributed by atoms with Gasteiger partial charge in [-0.05, 0) is 71.9 Å². The molecule has 9 heteroatoms. The number of benzene rings is 2. The maximum atomic E-state index is 15.1. The predicted molar refractivity (Wildman–Crippen MR) is 123 cm³/mol. The summed E-state index contributed by atoms with van der Waals surface area (Å²) in [6, 6.07) is 10.8. The molecule has 3 rings (SSSR count). The number of carbonyl (C=O) groups excluding carboxylic acids is 1. The lowest BCUT2D eigenvalue weighted by atomic mass is 10.0. The van der Waals surface area contributed by atoms with Crippen LogP contribution in [-0.4, -0.2) is 26.7 Å². The summed E-state index contributed by atoms with van der Waals surface area (Å²) in [7, 11) is 0. The highest BCUT2D eigenvalue weighted by molar-refractivity contribution is 5.93. The van der Waals surface area contributed by atoms with Crippen LogP contribution in [0.15, 0.2) is 42.6 Å². The molecular formula is C24H25FN4O4. The molecule has 8 nitrogen and oxygen atoms in total. The van der Waals surface area contributed by atoms with Gasteiger partial charge in [-0.3, -0.25) is 15.0 Å². The zero-order valence-electron chi connectivity index (χ0n) is 19.3. The fraction of sp³-hybridized carbons (Fsp3) is 0.333. The van der Waals surface area contributed by atoms with Gasteiger partial charge in [0.15, 0.2) is 5.82 Å². The molecule has 0 saturated carbocycles. The van der Waals surface area contributed by atoms with E-state index < -0.39 is 33.7 Å². The number of nitro benzene ring substituents is 1. The van der Waals surface area contributed by atoms with E-state index in [1.54, 1.807) is 72.0 Å². The summed E-state index contributed by atoms with van der Waals surface area (Å²) in [6.07, 6.45) is 0.820. The standard InChI is InChI=1S/C24H25FN4O4/c1-23(2,3)28(22(30)33-24(4,5)6)20-13-19(17(25)12-21(20)29(31)32)27-10-9-16-11-15(14-26)7-8-18(16)27/h7-13H,1-6H3. The van der Waals surface area contributed by atoms with Crippen molar-refractivity contribution in [2.45, 2.75) is 52.7 Å². The molecule has 1 amide bonds. The molecule has 0 N–H and O–H groups in total. The van der Waals surface area contributed by atoms with Gasteiger partial charge in [0.2, 0.25) is 0 Å². The molecule has 0 bridgehead atoms. The quantitative estimate of drug-likeness (QED) is 0.353. The van der Waals surface area contributed by atoms with Gasteiger partial charge < -0.3 is 9.30 Å². The van der Waals surface area contributed by atoms with Crippen LogP contribution < -0.4 is 4.90 Å². The van der Waals surface area contributed by atoms with Crippen LogP contribution in [0, 0.1) is 27.3 Å². The number of anilines is 1. The third-order valence-corrected chi connectivity index (χ3v) is 4.81. The number of nitro groups is 1. The van der Waals surface area contributed by atoms with Crippen LogP contribution in [0.1, 0.15) is 47.1 Å². The van der Waals surface area contributed by atoms with Crippen molar-refractivity contribution in [3.8, 4) is 11.8 Å². The number of halogens is 1. The van der Waals surface area contributed by atoms with Gasteiger partial charge in [-0.25, -0.2) is 9.18 Å². The van der Waals surface area contributed by atoms with Crippen molar-refractivity contribution in [2.75, 3.05) is 4.90 Å². The Labute approximate surface area is 190 Å². The Balaban J connectivity index is 2.27. The summed E-state index contributed by atoms with van der Waals surface area (Å²) in [5, 5.41) is 21.6. The number of rotatable bonds is 3. The van der Waals surface area contributed by atoms with Crippen LogP contribution in [0.5, 0.6) is 0 Å². The summed E-state index contributed by atoms with van der Waals surface area (Å²) in [4.78, 5) is 25.4. The lowest BCUT2D eigenvalue weighted by Gasteiger charge is -2.36. The Kier molecular flexibility index (Phi) is 5.90. The zero-order valence-corrected chi connectivity index (χ0v) is 19.3. The summed E-state index contributed by atoms with van der Waals surface area (Å²) in [5.74, 6) is -0.828. The molecule has 0 fully saturated rings. The molecule has 0 aliphatic heterocycles. The van der Waals surface area contributed by atoms with Gasteiger partial charge in [-0.1, -0.05) is 0 Å². The normalized spacial score (nSPS) is 11.8. The Morgan fingerprint density at radius 1 is 1.15 bits per heavy atom. The van der Waals surface area contributed by atoms with Crippen LogP contribution >= 0.6 is 0 Å². The van der Waals surface area contributed by atoms with Gasteiger partial charge in [0.25, 0.3) is 5.69 Å². The maximum Gasteiger partial charge on any atom is 0.415 e. The molecule has 0 radical (unpaired) electrons. The summed E-state index contributed by atoms with van der Waals surface area (Å²) < 4.78 is 22.2. The van der Waals surface area contributed by atoms with Crippen molar-refractivity contribution < 1.29 is 18.8 Å². The van der Waals surface area contributed by atoms with Gasteiger partial charge in [-0.15, -0.1) is 0 Å². The fourth-order valence-electron chi connectivity index (χ4n) is 3.51. The van der Waals surface area contributed by atoms with E-state index in [-0.39, 0.29) is 11.4 Å². The minimum atomic E-state index is -0.914. The third kappa shape index (κ3) is 4.80. The molecule has 1 aromatic heterocycles. The van der Waals surface area contributed by atoms with Gasteiger partial charge in [-0.2, -0.15) is 5.26 Å². The van der Waals surface area contributed by atoms with Crippen molar-refractivity contribution in [3.05, 3.63) is 64.1 Å². The van der Waals surface area contributed by atoms with Crippen molar-refractivity contribution in [3.63, 3.8) is 0 Å². The van der Waals surface area contributed by atoms with Crippen molar-refractivity contribution in [1.29, 1.82) is 5.26 Å². The zero-order chi connectivity index (χ0) is 24.7. The number of nitriles is 1. The second-order valence-electron chi connectivity index (χ2n) is 9.61. The largest absolute Gasteiger partial charge is 0.443 e. The molecule has 0 spiro atoms. The maximum absolute atomic E-state index is 15.1. The highest BCUT2D eigenvalue weighted by atomic mass is 19.1. The van der Waals surface area contributed by atoms with E-state index in [9.17, 15) is 14.9 Å². The van der Waals surface area contributed by atoms with E-state index in [1.165, 1.54) is 15.5 Å². The summed E-state index contributed by atoms with van der Waals surface area (Å²) >= 11 is 0. The van der Waals surface area contributed by atoms with Crippen LogP contribution in [0.4, 0.5) is 20.6 Å². The molecule has 0 atom stereocenters. The van der Waals surface area contributed by atoms with E-state index in [2.05, 4.69) is 6.07 Å². The number of hydrogen-bond donors (Lipinski definition) is 0. The Morgan fingerprint density at radius 2 is 1.82 bits per heavy atom. The minimum Gasteiger partial charge on any atom is -0.443 e.